The molecule has 2 aliphatic rings. The first kappa shape index (κ1) is 32.4. The van der Waals surface area contributed by atoms with Crippen LogP contribution in [-0.4, -0.2) is 116 Å². The SMILES string of the molecule is CO[C@H]1[C@@H](OP(=O)(O)OC[C@H]2O[C@@H](n3cnc4c(N)ncnc43)[C@H](O)[C@@H]2O)[C@H](n2cnc3c(=O)[nH]c(N)nc32)O[C@@H]1CO[P+](=O)O. The Morgan fingerprint density at radius 3 is 2.41 bits per heavy atom. The summed E-state index contributed by atoms with van der Waals surface area (Å²) in [7, 11) is -6.92. The molecule has 25 heteroatoms. The molecule has 2 fully saturated rings. The number of ether oxygens (including phenoxy) is 3. The van der Waals surface area contributed by atoms with E-state index in [-0.39, 0.29) is 34.1 Å². The van der Waals surface area contributed by atoms with Gasteiger partial charge in [0.15, 0.2) is 35.1 Å². The van der Waals surface area contributed by atoms with Gasteiger partial charge < -0.3 is 40.8 Å². The van der Waals surface area contributed by atoms with Gasteiger partial charge in [0.1, 0.15) is 55.1 Å². The fraction of sp³-hybridized carbons (Fsp3) is 0.524. The van der Waals surface area contributed by atoms with Crippen LogP contribution < -0.4 is 17.0 Å². The second kappa shape index (κ2) is 12.6. The van der Waals surface area contributed by atoms with Gasteiger partial charge in [0.25, 0.3) is 5.56 Å². The van der Waals surface area contributed by atoms with E-state index in [0.29, 0.717) is 0 Å². The lowest BCUT2D eigenvalue weighted by molar-refractivity contribution is -0.0612. The molecule has 0 amide bonds. The van der Waals surface area contributed by atoms with Crippen molar-refractivity contribution >= 4 is 50.2 Å². The Balaban J connectivity index is 1.22. The molecule has 10 atom stereocenters. The van der Waals surface area contributed by atoms with E-state index in [1.165, 1.54) is 28.9 Å². The molecule has 2 saturated heterocycles. The average molecular weight is 689 g/mol. The Morgan fingerprint density at radius 2 is 1.70 bits per heavy atom. The number of anilines is 2. The van der Waals surface area contributed by atoms with Gasteiger partial charge in [0.2, 0.25) is 5.95 Å². The molecule has 0 aliphatic carbocycles. The average Bonchev–Trinajstić information content (AvgIpc) is 3.76. The van der Waals surface area contributed by atoms with Gasteiger partial charge >= 0.3 is 16.1 Å². The van der Waals surface area contributed by atoms with E-state index >= 15 is 0 Å². The fourth-order valence-electron chi connectivity index (χ4n) is 5.24. The summed E-state index contributed by atoms with van der Waals surface area (Å²) in [6.07, 6.45) is -7.38. The number of hydrogen-bond acceptors (Lipinski definition) is 18. The van der Waals surface area contributed by atoms with Crippen molar-refractivity contribution in [3.8, 4) is 0 Å². The zero-order valence-electron chi connectivity index (χ0n) is 23.4. The number of H-pyrrole nitrogens is 1. The highest BCUT2D eigenvalue weighted by molar-refractivity contribution is 7.47. The van der Waals surface area contributed by atoms with E-state index in [9.17, 15) is 29.0 Å². The van der Waals surface area contributed by atoms with Gasteiger partial charge in [-0.15, -0.1) is 9.42 Å². The molecule has 4 aromatic rings. The maximum atomic E-state index is 13.3. The first-order valence-corrected chi connectivity index (χ1v) is 15.8. The van der Waals surface area contributed by atoms with Gasteiger partial charge in [-0.1, -0.05) is 0 Å². The summed E-state index contributed by atoms with van der Waals surface area (Å²) in [4.78, 5) is 54.6. The summed E-state index contributed by atoms with van der Waals surface area (Å²) in [6, 6.07) is 0. The Labute approximate surface area is 256 Å². The van der Waals surface area contributed by atoms with Crippen molar-refractivity contribution in [1.29, 1.82) is 0 Å². The highest BCUT2D eigenvalue weighted by atomic mass is 31.2. The third-order valence-corrected chi connectivity index (χ3v) is 8.64. The minimum absolute atomic E-state index is 0.0762. The monoisotopic (exact) mass is 689 g/mol. The maximum absolute atomic E-state index is 13.3. The van der Waals surface area contributed by atoms with Gasteiger partial charge in [-0.2, -0.15) is 4.98 Å². The van der Waals surface area contributed by atoms with Crippen LogP contribution in [0.1, 0.15) is 12.5 Å². The van der Waals surface area contributed by atoms with Crippen LogP contribution in [0.15, 0.2) is 23.8 Å². The normalized spacial score (nSPS) is 29.9. The highest BCUT2D eigenvalue weighted by Crippen LogP contribution is 2.50. The Hall–Kier alpha value is -3.57. The number of nitrogens with zero attached hydrogens (tertiary/aromatic N) is 7. The molecule has 2 aliphatic heterocycles. The highest BCUT2D eigenvalue weighted by Gasteiger charge is 2.52. The number of phosphoric acid groups is 1. The fourth-order valence-corrected chi connectivity index (χ4v) is 6.44. The number of imidazole rings is 2. The molecule has 0 aromatic carbocycles. The Bertz CT molecular complexity index is 1870. The van der Waals surface area contributed by atoms with E-state index < -0.39 is 83.9 Å². The van der Waals surface area contributed by atoms with Crippen molar-refractivity contribution in [2.75, 3.05) is 31.8 Å². The van der Waals surface area contributed by atoms with Crippen molar-refractivity contribution < 1.29 is 56.9 Å². The van der Waals surface area contributed by atoms with Crippen LogP contribution in [0.5, 0.6) is 0 Å². The lowest BCUT2D eigenvalue weighted by Gasteiger charge is -2.26. The molecule has 0 saturated carbocycles. The van der Waals surface area contributed by atoms with Crippen molar-refractivity contribution in [2.24, 2.45) is 0 Å². The van der Waals surface area contributed by atoms with E-state index in [4.69, 9.17) is 44.1 Å². The lowest BCUT2D eigenvalue weighted by Crippen LogP contribution is -2.37. The summed E-state index contributed by atoms with van der Waals surface area (Å²) in [5, 5.41) is 21.3. The van der Waals surface area contributed by atoms with Crippen LogP contribution in [0.25, 0.3) is 22.3 Å². The molecule has 23 nitrogen and oxygen atoms in total. The number of nitrogens with two attached hydrogens (primary N) is 2. The third-order valence-electron chi connectivity index (χ3n) is 7.29. The molecular weight excluding hydrogens is 662 g/mol. The largest absolute Gasteiger partial charge is 0.694 e. The molecule has 2 unspecified atom stereocenters. The van der Waals surface area contributed by atoms with Gasteiger partial charge in [-0.05, 0) is 0 Å². The zero-order chi connectivity index (χ0) is 32.9. The summed E-state index contributed by atoms with van der Waals surface area (Å²) in [5.74, 6) is -0.186. The molecule has 4 aromatic heterocycles. The smallest absolute Gasteiger partial charge is 0.387 e. The minimum Gasteiger partial charge on any atom is -0.387 e. The van der Waals surface area contributed by atoms with E-state index in [1.54, 1.807) is 0 Å². The number of rotatable bonds is 11. The Kier molecular flexibility index (Phi) is 8.84. The van der Waals surface area contributed by atoms with E-state index in [1.807, 2.05) is 0 Å². The molecule has 0 bridgehead atoms. The summed E-state index contributed by atoms with van der Waals surface area (Å²) < 4.78 is 59.5. The van der Waals surface area contributed by atoms with Crippen molar-refractivity contribution in [1.82, 2.24) is 39.0 Å². The summed E-state index contributed by atoms with van der Waals surface area (Å²) >= 11 is 0. The first-order valence-electron chi connectivity index (χ1n) is 13.2. The van der Waals surface area contributed by atoms with Crippen molar-refractivity contribution in [3.63, 3.8) is 0 Å². The number of nitrogen functional groups attached to an aromatic ring is 2. The van der Waals surface area contributed by atoms with Crippen LogP contribution >= 0.6 is 16.1 Å². The molecule has 0 radical (unpaired) electrons. The standard InChI is InChI=1S/C21H26N10O13P2/c1-39-13-8(2-40-45(35)36)43-20(31-6-27-10-17(31)28-21(23)29-18(10)34)14(13)44-46(37,38)41-3-7-11(32)12(33)19(42-7)30-5-26-9-15(22)24-4-25-16(9)30/h4-8,11-14,19-20,32-33H,2-3H2,1H3,(H6-,22,23,24,25,28,29,34,35,36,37,38)/p+1/t7-,8-,11-,12-,13-,14-,19-,20-/m1/s1. The van der Waals surface area contributed by atoms with Crippen LogP contribution in [0.4, 0.5) is 11.8 Å². The van der Waals surface area contributed by atoms with Crippen LogP contribution in [-0.2, 0) is 36.9 Å². The quantitative estimate of drug-likeness (QED) is 0.0823. The number of aliphatic hydroxyl groups excluding tert-OH is 2. The van der Waals surface area contributed by atoms with Crippen molar-refractivity contribution in [3.05, 3.63) is 29.3 Å². The molecule has 6 heterocycles. The number of fused-ring (bicyclic) bond motifs is 2. The van der Waals surface area contributed by atoms with E-state index in [2.05, 4.69) is 29.9 Å². The Morgan fingerprint density at radius 1 is 1.00 bits per heavy atom. The molecule has 0 spiro atoms. The lowest BCUT2D eigenvalue weighted by atomic mass is 10.1. The molecular formula is C21H27N10O13P2+. The number of phosphoric ester groups is 1. The number of hydrogen-bond donors (Lipinski definition) is 7. The third kappa shape index (κ3) is 5.99. The number of nitrogens with one attached hydrogen (secondary N) is 1. The maximum Gasteiger partial charge on any atom is 0.694 e. The summed E-state index contributed by atoms with van der Waals surface area (Å²) in [6.45, 7) is -1.26. The molecule has 248 valence electrons. The second-order valence-corrected chi connectivity index (χ2v) is 12.2. The summed E-state index contributed by atoms with van der Waals surface area (Å²) in [5.41, 5.74) is 11.0. The predicted octanol–water partition coefficient (Wildman–Crippen LogP) is -2.18. The van der Waals surface area contributed by atoms with Gasteiger partial charge in [0.05, 0.1) is 19.3 Å². The van der Waals surface area contributed by atoms with Crippen molar-refractivity contribution in [2.45, 2.75) is 49.1 Å². The second-order valence-electron chi connectivity index (χ2n) is 10.0. The van der Waals surface area contributed by atoms with Gasteiger partial charge in [-0.25, -0.2) is 24.5 Å². The van der Waals surface area contributed by atoms with Gasteiger partial charge in [0, 0.05) is 11.7 Å². The number of methoxy groups -OCH3 is 1. The molecule has 9 N–H and O–H groups in total. The van der Waals surface area contributed by atoms with Crippen LogP contribution in [0, 0.1) is 0 Å². The van der Waals surface area contributed by atoms with Crippen LogP contribution in [0.2, 0.25) is 0 Å². The minimum atomic E-state index is -5.08. The number of aliphatic hydroxyl groups is 2. The first-order chi connectivity index (χ1) is 21.9. The topological polar surface area (TPSA) is 330 Å². The predicted molar refractivity (Wildman–Crippen MR) is 149 cm³/mol. The van der Waals surface area contributed by atoms with E-state index in [0.717, 1.165) is 6.33 Å². The van der Waals surface area contributed by atoms with Crippen LogP contribution in [0.3, 0.4) is 0 Å². The molecule has 46 heavy (non-hydrogen) atoms. The molecule has 6 rings (SSSR count). The van der Waals surface area contributed by atoms with Gasteiger partial charge in [-0.3, -0.25) is 28.0 Å². The number of aromatic nitrogens is 8. The zero-order valence-corrected chi connectivity index (χ0v) is 25.2. The number of aromatic amines is 1.